The van der Waals surface area contributed by atoms with Crippen LogP contribution in [0.15, 0.2) is 75.9 Å². The maximum atomic E-state index is 12.6. The summed E-state index contributed by atoms with van der Waals surface area (Å²) in [5, 5.41) is 4.05. The molecule has 3 heterocycles. The van der Waals surface area contributed by atoms with Gasteiger partial charge in [0, 0.05) is 38.3 Å². The lowest BCUT2D eigenvalue weighted by atomic mass is 10.1. The maximum absolute atomic E-state index is 12.6. The lowest BCUT2D eigenvalue weighted by Gasteiger charge is -2.34. The zero-order valence-electron chi connectivity index (χ0n) is 19.0. The van der Waals surface area contributed by atoms with E-state index in [1.807, 2.05) is 48.2 Å². The van der Waals surface area contributed by atoms with Gasteiger partial charge >= 0.3 is 0 Å². The third-order valence-corrected chi connectivity index (χ3v) is 5.95. The van der Waals surface area contributed by atoms with Crippen molar-refractivity contribution in [2.24, 2.45) is 0 Å². The molecule has 1 fully saturated rings. The molecule has 0 spiro atoms. The van der Waals surface area contributed by atoms with Crippen molar-refractivity contribution in [2.75, 3.05) is 32.8 Å². The molecular weight excluding hydrogens is 432 g/mol. The highest BCUT2D eigenvalue weighted by Crippen LogP contribution is 2.23. The van der Waals surface area contributed by atoms with Crippen molar-refractivity contribution in [2.45, 2.75) is 13.5 Å². The van der Waals surface area contributed by atoms with Gasteiger partial charge in [-0.3, -0.25) is 9.69 Å². The van der Waals surface area contributed by atoms with Crippen LogP contribution in [0.5, 0.6) is 5.75 Å². The predicted molar refractivity (Wildman–Crippen MR) is 126 cm³/mol. The Labute approximate surface area is 197 Å². The van der Waals surface area contributed by atoms with Crippen LogP contribution in [0.1, 0.15) is 11.1 Å². The third kappa shape index (κ3) is 5.02. The molecule has 0 unspecified atom stereocenters. The molecule has 0 radical (unpaired) electrons. The van der Waals surface area contributed by atoms with Crippen LogP contribution in [-0.2, 0) is 11.3 Å². The molecule has 1 saturated heterocycles. The van der Waals surface area contributed by atoms with Crippen LogP contribution in [0.2, 0.25) is 0 Å². The second kappa shape index (κ2) is 9.93. The summed E-state index contributed by atoms with van der Waals surface area (Å²) >= 11 is 0. The molecule has 2 aromatic heterocycles. The quantitative estimate of drug-likeness (QED) is 0.413. The normalized spacial score (nSPS) is 14.3. The van der Waals surface area contributed by atoms with Gasteiger partial charge in [0.25, 0.3) is 11.8 Å². The van der Waals surface area contributed by atoms with Crippen LogP contribution in [0, 0.1) is 6.92 Å². The number of aryl methyl sites for hydroxylation is 1. The standard InChI is InChI=1S/C26H26N4O4/c1-19-5-2-3-6-22(19)33-18-24(31)30-14-12-29(13-15-30)17-20-8-10-21(11-9-20)25-27-26(34-28-25)23-7-4-16-32-23/h2-11,16H,12-15,17-18H2,1H3. The van der Waals surface area contributed by atoms with Gasteiger partial charge in [-0.2, -0.15) is 4.98 Å². The minimum atomic E-state index is 0.0290. The molecule has 4 aromatic rings. The van der Waals surface area contributed by atoms with E-state index in [0.717, 1.165) is 36.5 Å². The molecule has 34 heavy (non-hydrogen) atoms. The molecule has 174 valence electrons. The van der Waals surface area contributed by atoms with Gasteiger partial charge in [0.2, 0.25) is 5.82 Å². The molecular formula is C26H26N4O4. The first-order valence-electron chi connectivity index (χ1n) is 11.3. The van der Waals surface area contributed by atoms with E-state index in [1.54, 1.807) is 18.4 Å². The molecule has 0 N–H and O–H groups in total. The number of aromatic nitrogens is 2. The van der Waals surface area contributed by atoms with E-state index in [0.29, 0.717) is 30.6 Å². The number of ether oxygens (including phenoxy) is 1. The summed E-state index contributed by atoms with van der Waals surface area (Å²) in [7, 11) is 0. The number of benzene rings is 2. The first kappa shape index (κ1) is 21.9. The van der Waals surface area contributed by atoms with Crippen LogP contribution < -0.4 is 4.74 Å². The predicted octanol–water partition coefficient (Wildman–Crippen LogP) is 4.03. The van der Waals surface area contributed by atoms with Crippen LogP contribution in [0.25, 0.3) is 23.0 Å². The number of carbonyl (C=O) groups is 1. The van der Waals surface area contributed by atoms with Crippen molar-refractivity contribution in [1.82, 2.24) is 19.9 Å². The summed E-state index contributed by atoms with van der Waals surface area (Å²) in [5.74, 6) is 2.23. The molecule has 0 bridgehead atoms. The molecule has 1 aliphatic heterocycles. The smallest absolute Gasteiger partial charge is 0.293 e. The average Bonchev–Trinajstić information content (AvgIpc) is 3.57. The van der Waals surface area contributed by atoms with Crippen molar-refractivity contribution in [3.05, 3.63) is 78.1 Å². The lowest BCUT2D eigenvalue weighted by molar-refractivity contribution is -0.135. The van der Waals surface area contributed by atoms with Crippen molar-refractivity contribution >= 4 is 5.91 Å². The van der Waals surface area contributed by atoms with Crippen molar-refractivity contribution < 1.29 is 18.5 Å². The number of para-hydroxylation sites is 1. The van der Waals surface area contributed by atoms with Crippen LogP contribution >= 0.6 is 0 Å². The Hall–Kier alpha value is -3.91. The van der Waals surface area contributed by atoms with Crippen molar-refractivity contribution in [3.8, 4) is 28.8 Å². The lowest BCUT2D eigenvalue weighted by Crippen LogP contribution is -2.49. The number of furan rings is 1. The number of piperazine rings is 1. The first-order valence-corrected chi connectivity index (χ1v) is 11.3. The summed E-state index contributed by atoms with van der Waals surface area (Å²) < 4.78 is 16.3. The van der Waals surface area contributed by atoms with E-state index in [2.05, 4.69) is 27.2 Å². The Morgan fingerprint density at radius 2 is 1.79 bits per heavy atom. The van der Waals surface area contributed by atoms with E-state index >= 15 is 0 Å². The monoisotopic (exact) mass is 458 g/mol. The van der Waals surface area contributed by atoms with Gasteiger partial charge in [-0.1, -0.05) is 47.6 Å². The highest BCUT2D eigenvalue weighted by Gasteiger charge is 2.22. The van der Waals surface area contributed by atoms with Crippen molar-refractivity contribution in [3.63, 3.8) is 0 Å². The summed E-state index contributed by atoms with van der Waals surface area (Å²) in [4.78, 5) is 21.2. The number of hydrogen-bond donors (Lipinski definition) is 0. The number of carbonyl (C=O) groups excluding carboxylic acids is 1. The molecule has 0 atom stereocenters. The Bertz CT molecular complexity index is 1230. The zero-order chi connectivity index (χ0) is 23.3. The minimum Gasteiger partial charge on any atom is -0.484 e. The number of hydrogen-bond acceptors (Lipinski definition) is 7. The summed E-state index contributed by atoms with van der Waals surface area (Å²) in [5.41, 5.74) is 3.11. The Kier molecular flexibility index (Phi) is 6.40. The van der Waals surface area contributed by atoms with Crippen LogP contribution in [-0.4, -0.2) is 58.6 Å². The van der Waals surface area contributed by atoms with Crippen molar-refractivity contribution in [1.29, 1.82) is 0 Å². The second-order valence-electron chi connectivity index (χ2n) is 8.31. The Morgan fingerprint density at radius 3 is 2.53 bits per heavy atom. The molecule has 0 aliphatic carbocycles. The molecule has 1 aliphatic rings. The first-order chi connectivity index (χ1) is 16.7. The summed E-state index contributed by atoms with van der Waals surface area (Å²) in [6.07, 6.45) is 1.57. The molecule has 2 aromatic carbocycles. The fourth-order valence-corrected chi connectivity index (χ4v) is 3.96. The van der Waals surface area contributed by atoms with Gasteiger partial charge in [0.1, 0.15) is 5.75 Å². The topological polar surface area (TPSA) is 84.8 Å². The van der Waals surface area contributed by atoms with Gasteiger partial charge in [-0.25, -0.2) is 0 Å². The Balaban J connectivity index is 1.10. The molecule has 8 nitrogen and oxygen atoms in total. The fourth-order valence-electron chi connectivity index (χ4n) is 3.96. The Morgan fingerprint density at radius 1 is 1.00 bits per heavy atom. The van der Waals surface area contributed by atoms with E-state index in [1.165, 1.54) is 5.56 Å². The van der Waals surface area contributed by atoms with Gasteiger partial charge in [-0.15, -0.1) is 0 Å². The van der Waals surface area contributed by atoms with E-state index < -0.39 is 0 Å². The average molecular weight is 459 g/mol. The van der Waals surface area contributed by atoms with Gasteiger partial charge < -0.3 is 18.6 Å². The molecule has 1 amide bonds. The summed E-state index contributed by atoms with van der Waals surface area (Å²) in [6.45, 7) is 5.94. The van der Waals surface area contributed by atoms with Crippen LogP contribution in [0.3, 0.4) is 0 Å². The van der Waals surface area contributed by atoms with Gasteiger partial charge in [0.15, 0.2) is 12.4 Å². The third-order valence-electron chi connectivity index (χ3n) is 5.95. The SMILES string of the molecule is Cc1ccccc1OCC(=O)N1CCN(Cc2ccc(-c3noc(-c4ccco4)n3)cc2)CC1. The molecule has 5 rings (SSSR count). The summed E-state index contributed by atoms with van der Waals surface area (Å²) in [6, 6.07) is 19.4. The van der Waals surface area contributed by atoms with E-state index in [4.69, 9.17) is 13.7 Å². The maximum Gasteiger partial charge on any atom is 0.293 e. The molecule has 8 heteroatoms. The largest absolute Gasteiger partial charge is 0.484 e. The molecule has 0 saturated carbocycles. The number of amides is 1. The zero-order valence-corrected chi connectivity index (χ0v) is 19.0. The number of rotatable bonds is 7. The second-order valence-corrected chi connectivity index (χ2v) is 8.31. The van der Waals surface area contributed by atoms with E-state index in [-0.39, 0.29) is 12.5 Å². The highest BCUT2D eigenvalue weighted by atomic mass is 16.5. The van der Waals surface area contributed by atoms with Gasteiger partial charge in [-0.05, 0) is 36.2 Å². The fraction of sp³-hybridized carbons (Fsp3) is 0.269. The minimum absolute atomic E-state index is 0.0290. The number of nitrogens with zero attached hydrogens (tertiary/aromatic N) is 4. The highest BCUT2D eigenvalue weighted by molar-refractivity contribution is 5.78. The van der Waals surface area contributed by atoms with Gasteiger partial charge in [0.05, 0.1) is 6.26 Å². The van der Waals surface area contributed by atoms with Crippen LogP contribution in [0.4, 0.5) is 0 Å². The van der Waals surface area contributed by atoms with E-state index in [9.17, 15) is 4.79 Å².